The molecule has 2 N–H and O–H groups in total. The highest BCUT2D eigenvalue weighted by Gasteiger charge is 1.99. The molecule has 0 aliphatic rings. The number of pyridine rings is 1. The zero-order chi connectivity index (χ0) is 9.80. The average Bonchev–Trinajstić information content (AvgIpc) is 2.67. The minimum Gasteiger partial charge on any atom is -0.330 e. The summed E-state index contributed by atoms with van der Waals surface area (Å²) in [4.78, 5) is 4.23. The Kier molecular flexibility index (Phi) is 3.06. The molecule has 0 unspecified atom stereocenters. The molecule has 3 nitrogen and oxygen atoms in total. The molecule has 74 valence electrons. The molecule has 0 spiro atoms. The van der Waals surface area contributed by atoms with E-state index >= 15 is 0 Å². The van der Waals surface area contributed by atoms with E-state index in [1.54, 1.807) is 0 Å². The number of hydrogen-bond acceptors (Lipinski definition) is 3. The van der Waals surface area contributed by atoms with Crippen LogP contribution < -0.4 is 5.73 Å². The van der Waals surface area contributed by atoms with Crippen molar-refractivity contribution in [2.24, 2.45) is 5.73 Å². The van der Waals surface area contributed by atoms with Gasteiger partial charge in [-0.1, -0.05) is 6.07 Å². The molecule has 0 aliphatic carbocycles. The molecular weight excluding hydrogens is 194 g/mol. The number of nitrogens with zero attached hydrogens (tertiary/aromatic N) is 2. The summed E-state index contributed by atoms with van der Waals surface area (Å²) in [5, 5.41) is 1.23. The molecule has 0 bridgehead atoms. The highest BCUT2D eigenvalue weighted by molar-refractivity contribution is 7.99. The minimum atomic E-state index is 0.757. The molecule has 0 aromatic carbocycles. The van der Waals surface area contributed by atoms with Crippen molar-refractivity contribution in [2.45, 2.75) is 11.4 Å². The molecule has 14 heavy (non-hydrogen) atoms. The first-order valence-electron chi connectivity index (χ1n) is 4.67. The fourth-order valence-corrected chi connectivity index (χ4v) is 2.29. The van der Waals surface area contributed by atoms with E-state index in [0.717, 1.165) is 24.4 Å². The Balaban J connectivity index is 2.19. The molecule has 2 aromatic rings. The van der Waals surface area contributed by atoms with E-state index in [9.17, 15) is 0 Å². The summed E-state index contributed by atoms with van der Waals surface area (Å²) in [6.07, 6.45) is 4.86. The van der Waals surface area contributed by atoms with Crippen molar-refractivity contribution in [3.05, 3.63) is 30.6 Å². The van der Waals surface area contributed by atoms with Crippen LogP contribution in [0.3, 0.4) is 0 Å². The van der Waals surface area contributed by atoms with Crippen LogP contribution in [0.25, 0.3) is 5.65 Å². The van der Waals surface area contributed by atoms with Crippen LogP contribution in [0.15, 0.2) is 35.6 Å². The predicted molar refractivity (Wildman–Crippen MR) is 59.6 cm³/mol. The molecule has 4 heteroatoms. The Hall–Kier alpha value is -1.00. The van der Waals surface area contributed by atoms with Crippen LogP contribution in [-0.2, 0) is 0 Å². The number of fused-ring (bicyclic) bond motifs is 1. The van der Waals surface area contributed by atoms with Crippen molar-refractivity contribution in [2.75, 3.05) is 12.3 Å². The van der Waals surface area contributed by atoms with Crippen molar-refractivity contribution in [3.63, 3.8) is 0 Å². The summed E-state index contributed by atoms with van der Waals surface area (Å²) in [5.41, 5.74) is 6.46. The van der Waals surface area contributed by atoms with E-state index in [1.807, 2.05) is 36.3 Å². The summed E-state index contributed by atoms with van der Waals surface area (Å²) in [7, 11) is 0. The lowest BCUT2D eigenvalue weighted by Gasteiger charge is -2.03. The maximum Gasteiger partial charge on any atom is 0.137 e. The van der Waals surface area contributed by atoms with Gasteiger partial charge in [-0.3, -0.25) is 4.40 Å². The summed E-state index contributed by atoms with van der Waals surface area (Å²) >= 11 is 1.82. The topological polar surface area (TPSA) is 43.3 Å². The number of imidazole rings is 1. The minimum absolute atomic E-state index is 0.757. The number of thioether (sulfide) groups is 1. The maximum atomic E-state index is 5.45. The molecule has 0 radical (unpaired) electrons. The smallest absolute Gasteiger partial charge is 0.137 e. The fourth-order valence-electron chi connectivity index (χ4n) is 1.30. The van der Waals surface area contributed by atoms with Crippen LogP contribution in [0, 0.1) is 0 Å². The van der Waals surface area contributed by atoms with Gasteiger partial charge in [0, 0.05) is 18.1 Å². The second kappa shape index (κ2) is 4.48. The van der Waals surface area contributed by atoms with Gasteiger partial charge >= 0.3 is 0 Å². The lowest BCUT2D eigenvalue weighted by atomic mass is 10.5. The van der Waals surface area contributed by atoms with Gasteiger partial charge in [-0.15, -0.1) is 11.8 Å². The van der Waals surface area contributed by atoms with Gasteiger partial charge in [-0.25, -0.2) is 4.98 Å². The molecule has 0 aliphatic heterocycles. The van der Waals surface area contributed by atoms with Crippen molar-refractivity contribution in [1.29, 1.82) is 0 Å². The van der Waals surface area contributed by atoms with Gasteiger partial charge < -0.3 is 5.73 Å². The second-order valence-electron chi connectivity index (χ2n) is 3.01. The third-order valence-corrected chi connectivity index (χ3v) is 3.11. The fraction of sp³-hybridized carbons (Fsp3) is 0.300. The average molecular weight is 207 g/mol. The van der Waals surface area contributed by atoms with E-state index in [1.165, 1.54) is 5.03 Å². The standard InChI is InChI=1S/C10H13N3S/c11-5-2-8-14-10-4-1-3-9-12-6-7-13(9)10/h1,3-4,6-7H,2,5,8,11H2. The summed E-state index contributed by atoms with van der Waals surface area (Å²) in [6, 6.07) is 6.15. The Bertz CT molecular complexity index is 410. The molecule has 2 aromatic heterocycles. The monoisotopic (exact) mass is 207 g/mol. The van der Waals surface area contributed by atoms with E-state index < -0.39 is 0 Å². The molecule has 2 heterocycles. The molecule has 0 amide bonds. The predicted octanol–water partition coefficient (Wildman–Crippen LogP) is 1.78. The molecule has 0 saturated heterocycles. The first kappa shape index (κ1) is 9.55. The molecule has 0 atom stereocenters. The van der Waals surface area contributed by atoms with Gasteiger partial charge in [0.15, 0.2) is 0 Å². The van der Waals surface area contributed by atoms with Gasteiger partial charge in [0.2, 0.25) is 0 Å². The van der Waals surface area contributed by atoms with Gasteiger partial charge in [-0.05, 0) is 25.1 Å². The van der Waals surface area contributed by atoms with Crippen molar-refractivity contribution >= 4 is 17.4 Å². The van der Waals surface area contributed by atoms with Crippen LogP contribution in [-0.4, -0.2) is 21.7 Å². The van der Waals surface area contributed by atoms with Crippen molar-refractivity contribution < 1.29 is 0 Å². The normalized spacial score (nSPS) is 10.9. The molecule has 2 rings (SSSR count). The number of rotatable bonds is 4. The highest BCUT2D eigenvalue weighted by atomic mass is 32.2. The lowest BCUT2D eigenvalue weighted by Crippen LogP contribution is -1.99. The largest absolute Gasteiger partial charge is 0.330 e. The summed E-state index contributed by atoms with van der Waals surface area (Å²) < 4.78 is 2.10. The van der Waals surface area contributed by atoms with Crippen molar-refractivity contribution in [1.82, 2.24) is 9.38 Å². The van der Waals surface area contributed by atoms with Crippen LogP contribution in [0.2, 0.25) is 0 Å². The van der Waals surface area contributed by atoms with Gasteiger partial charge in [-0.2, -0.15) is 0 Å². The van der Waals surface area contributed by atoms with Gasteiger partial charge in [0.1, 0.15) is 5.65 Å². The second-order valence-corrected chi connectivity index (χ2v) is 4.13. The zero-order valence-corrected chi connectivity index (χ0v) is 8.70. The van der Waals surface area contributed by atoms with E-state index in [2.05, 4.69) is 15.5 Å². The van der Waals surface area contributed by atoms with Crippen LogP contribution in [0.1, 0.15) is 6.42 Å². The SMILES string of the molecule is NCCCSc1cccc2nccn12. The Morgan fingerprint density at radius 3 is 3.21 bits per heavy atom. The highest BCUT2D eigenvalue weighted by Crippen LogP contribution is 2.19. The molecule has 0 fully saturated rings. The quantitative estimate of drug-likeness (QED) is 0.614. The number of hydrogen-bond donors (Lipinski definition) is 1. The Morgan fingerprint density at radius 2 is 2.36 bits per heavy atom. The summed E-state index contributed by atoms with van der Waals surface area (Å²) in [6.45, 7) is 0.757. The Morgan fingerprint density at radius 1 is 1.43 bits per heavy atom. The Labute approximate surface area is 87.3 Å². The van der Waals surface area contributed by atoms with Crippen LogP contribution in [0.4, 0.5) is 0 Å². The van der Waals surface area contributed by atoms with Crippen molar-refractivity contribution in [3.8, 4) is 0 Å². The van der Waals surface area contributed by atoms with Crippen LogP contribution >= 0.6 is 11.8 Å². The summed E-state index contributed by atoms with van der Waals surface area (Å²) in [5.74, 6) is 1.06. The van der Waals surface area contributed by atoms with Gasteiger partial charge in [0.05, 0.1) is 5.03 Å². The van der Waals surface area contributed by atoms with E-state index in [4.69, 9.17) is 5.73 Å². The van der Waals surface area contributed by atoms with Gasteiger partial charge in [0.25, 0.3) is 0 Å². The lowest BCUT2D eigenvalue weighted by molar-refractivity contribution is 0.937. The maximum absolute atomic E-state index is 5.45. The number of nitrogens with two attached hydrogens (primary N) is 1. The first-order valence-corrected chi connectivity index (χ1v) is 5.65. The third-order valence-electron chi connectivity index (χ3n) is 1.99. The van der Waals surface area contributed by atoms with Crippen LogP contribution in [0.5, 0.6) is 0 Å². The first-order chi connectivity index (χ1) is 6.92. The molecular formula is C10H13N3S. The number of aromatic nitrogens is 2. The molecule has 0 saturated carbocycles. The third kappa shape index (κ3) is 1.91. The zero-order valence-electron chi connectivity index (χ0n) is 7.89. The van der Waals surface area contributed by atoms with E-state index in [-0.39, 0.29) is 0 Å². The van der Waals surface area contributed by atoms with E-state index in [0.29, 0.717) is 0 Å².